The summed E-state index contributed by atoms with van der Waals surface area (Å²) in [6, 6.07) is 7.66. The van der Waals surface area contributed by atoms with Gasteiger partial charge in [0.05, 0.1) is 6.04 Å². The minimum atomic E-state index is -0.186. The van der Waals surface area contributed by atoms with E-state index in [2.05, 4.69) is 5.32 Å². The van der Waals surface area contributed by atoms with Gasteiger partial charge in [-0.25, -0.2) is 0 Å². The molecule has 4 heteroatoms. The largest absolute Gasteiger partial charge is 0.341 e. The van der Waals surface area contributed by atoms with Crippen LogP contribution in [0.25, 0.3) is 0 Å². The van der Waals surface area contributed by atoms with Crippen LogP contribution < -0.4 is 5.32 Å². The second kappa shape index (κ2) is 7.81. The number of likely N-dealkylation sites (tertiary alicyclic amines) is 1. The van der Waals surface area contributed by atoms with E-state index in [-0.39, 0.29) is 18.0 Å². The predicted octanol–water partition coefficient (Wildman–Crippen LogP) is 3.78. The summed E-state index contributed by atoms with van der Waals surface area (Å²) in [6.45, 7) is 5.78. The molecule has 21 heavy (non-hydrogen) atoms. The second-order valence-electron chi connectivity index (χ2n) is 5.87. The van der Waals surface area contributed by atoms with Gasteiger partial charge in [-0.3, -0.25) is 10.1 Å². The molecule has 2 atom stereocenters. The smallest absolute Gasteiger partial charge is 0.239 e. The highest BCUT2D eigenvalue weighted by atomic mass is 35.5. The molecule has 0 saturated carbocycles. The zero-order valence-electron chi connectivity index (χ0n) is 12.9. The fraction of sp³-hybridized carbons (Fsp3) is 0.588. The van der Waals surface area contributed by atoms with Crippen molar-refractivity contribution in [1.29, 1.82) is 0 Å². The number of hydrogen-bond donors (Lipinski definition) is 1. The number of nitrogens with zero attached hydrogens (tertiary/aromatic N) is 1. The van der Waals surface area contributed by atoms with Crippen LogP contribution in [0.5, 0.6) is 0 Å². The first-order chi connectivity index (χ1) is 10.1. The lowest BCUT2D eigenvalue weighted by molar-refractivity contribution is -0.133. The number of nitrogens with one attached hydrogen (secondary N) is 1. The lowest BCUT2D eigenvalue weighted by atomic mass is 10.1. The van der Waals surface area contributed by atoms with Crippen molar-refractivity contribution in [3.63, 3.8) is 0 Å². The summed E-state index contributed by atoms with van der Waals surface area (Å²) in [4.78, 5) is 14.5. The zero-order valence-corrected chi connectivity index (χ0v) is 13.7. The molecule has 1 aromatic carbocycles. The molecule has 1 fully saturated rings. The van der Waals surface area contributed by atoms with Crippen molar-refractivity contribution in [2.24, 2.45) is 0 Å². The molecule has 116 valence electrons. The molecule has 3 nitrogen and oxygen atoms in total. The Hall–Kier alpha value is -1.06. The maximum absolute atomic E-state index is 12.5. The fourth-order valence-electron chi connectivity index (χ4n) is 2.93. The van der Waals surface area contributed by atoms with Crippen molar-refractivity contribution >= 4 is 17.5 Å². The third-order valence-electron chi connectivity index (χ3n) is 4.16. The van der Waals surface area contributed by atoms with E-state index in [1.807, 2.05) is 43.0 Å². The van der Waals surface area contributed by atoms with Crippen molar-refractivity contribution in [3.8, 4) is 0 Å². The monoisotopic (exact) mass is 308 g/mol. The first-order valence-corrected chi connectivity index (χ1v) is 8.26. The van der Waals surface area contributed by atoms with Crippen LogP contribution in [0, 0.1) is 0 Å². The van der Waals surface area contributed by atoms with E-state index in [1.165, 1.54) is 12.8 Å². The zero-order chi connectivity index (χ0) is 15.2. The van der Waals surface area contributed by atoms with Gasteiger partial charge in [-0.2, -0.15) is 0 Å². The van der Waals surface area contributed by atoms with Gasteiger partial charge in [0.15, 0.2) is 0 Å². The second-order valence-corrected chi connectivity index (χ2v) is 6.28. The number of amides is 1. The summed E-state index contributed by atoms with van der Waals surface area (Å²) in [6.07, 6.45) is 4.72. The van der Waals surface area contributed by atoms with Crippen LogP contribution >= 0.6 is 11.6 Å². The Morgan fingerprint density at radius 2 is 1.76 bits per heavy atom. The number of benzene rings is 1. The van der Waals surface area contributed by atoms with E-state index in [0.717, 1.165) is 36.5 Å². The number of carbonyl (C=O) groups is 1. The number of hydrogen-bond acceptors (Lipinski definition) is 2. The van der Waals surface area contributed by atoms with Crippen LogP contribution in [0.15, 0.2) is 24.3 Å². The first-order valence-electron chi connectivity index (χ1n) is 7.89. The van der Waals surface area contributed by atoms with Gasteiger partial charge < -0.3 is 4.90 Å². The van der Waals surface area contributed by atoms with Crippen LogP contribution in [-0.2, 0) is 4.79 Å². The van der Waals surface area contributed by atoms with Gasteiger partial charge in [-0.15, -0.1) is 0 Å². The van der Waals surface area contributed by atoms with E-state index < -0.39 is 0 Å². The van der Waals surface area contributed by atoms with Crippen LogP contribution in [0.2, 0.25) is 5.02 Å². The Bertz CT molecular complexity index is 470. The molecule has 1 heterocycles. The minimum Gasteiger partial charge on any atom is -0.341 e. The Balaban J connectivity index is 1.95. The summed E-state index contributed by atoms with van der Waals surface area (Å²) in [5.74, 6) is 0.204. The van der Waals surface area contributed by atoms with Gasteiger partial charge >= 0.3 is 0 Å². The van der Waals surface area contributed by atoms with Crippen molar-refractivity contribution in [2.75, 3.05) is 13.1 Å². The van der Waals surface area contributed by atoms with Crippen molar-refractivity contribution in [2.45, 2.75) is 51.6 Å². The van der Waals surface area contributed by atoms with Crippen molar-refractivity contribution in [3.05, 3.63) is 34.9 Å². The maximum atomic E-state index is 12.5. The third-order valence-corrected chi connectivity index (χ3v) is 4.50. The Kier molecular flexibility index (Phi) is 6.07. The Morgan fingerprint density at radius 1 is 1.14 bits per heavy atom. The number of halogens is 1. The molecule has 1 aromatic rings. The molecular formula is C17H25ClN2O. The molecule has 2 rings (SSSR count). The molecule has 0 aliphatic carbocycles. The average Bonchev–Trinajstić information content (AvgIpc) is 2.75. The summed E-state index contributed by atoms with van der Waals surface area (Å²) in [5.41, 5.74) is 1.04. The standard InChI is InChI=1S/C17H25ClN2O/c1-13(15-9-5-6-10-16(15)18)19-14(2)17(21)20-11-7-3-4-8-12-20/h5-6,9-10,13-14,19H,3-4,7-8,11-12H2,1-2H3/t13-,14?/m1/s1. The van der Waals surface area contributed by atoms with Gasteiger partial charge in [-0.1, -0.05) is 42.6 Å². The van der Waals surface area contributed by atoms with E-state index in [4.69, 9.17) is 11.6 Å². The maximum Gasteiger partial charge on any atom is 0.239 e. The predicted molar refractivity (Wildman–Crippen MR) is 87.5 cm³/mol. The molecule has 0 bridgehead atoms. The van der Waals surface area contributed by atoms with Gasteiger partial charge in [0.2, 0.25) is 5.91 Å². The molecule has 1 N–H and O–H groups in total. The van der Waals surface area contributed by atoms with E-state index >= 15 is 0 Å². The van der Waals surface area contributed by atoms with E-state index in [9.17, 15) is 4.79 Å². The summed E-state index contributed by atoms with van der Waals surface area (Å²) in [5, 5.41) is 4.12. The molecule has 1 amide bonds. The van der Waals surface area contributed by atoms with Crippen LogP contribution in [0.3, 0.4) is 0 Å². The SMILES string of the molecule is CC(N[C@H](C)c1ccccc1Cl)C(=O)N1CCCCCC1. The van der Waals surface area contributed by atoms with E-state index in [1.54, 1.807) is 0 Å². The highest BCUT2D eigenvalue weighted by Crippen LogP contribution is 2.22. The van der Waals surface area contributed by atoms with Gasteiger partial charge in [0.1, 0.15) is 0 Å². The lowest BCUT2D eigenvalue weighted by Crippen LogP contribution is -2.46. The summed E-state index contributed by atoms with van der Waals surface area (Å²) in [7, 11) is 0. The average molecular weight is 309 g/mol. The minimum absolute atomic E-state index is 0.0598. The molecular weight excluding hydrogens is 284 g/mol. The van der Waals surface area contributed by atoms with Crippen molar-refractivity contribution in [1.82, 2.24) is 10.2 Å². The molecule has 0 radical (unpaired) electrons. The highest BCUT2D eigenvalue weighted by molar-refractivity contribution is 6.31. The number of rotatable bonds is 4. The first kappa shape index (κ1) is 16.3. The summed E-state index contributed by atoms with van der Waals surface area (Å²) >= 11 is 6.22. The Morgan fingerprint density at radius 3 is 2.38 bits per heavy atom. The van der Waals surface area contributed by atoms with Crippen LogP contribution in [0.4, 0.5) is 0 Å². The van der Waals surface area contributed by atoms with Gasteiger partial charge in [-0.05, 0) is 38.3 Å². The third kappa shape index (κ3) is 4.45. The normalized spacial score (nSPS) is 18.9. The lowest BCUT2D eigenvalue weighted by Gasteiger charge is -2.27. The van der Waals surface area contributed by atoms with Gasteiger partial charge in [0, 0.05) is 24.2 Å². The quantitative estimate of drug-likeness (QED) is 0.918. The van der Waals surface area contributed by atoms with Crippen molar-refractivity contribution < 1.29 is 4.79 Å². The van der Waals surface area contributed by atoms with E-state index in [0.29, 0.717) is 0 Å². The molecule has 0 spiro atoms. The Labute approximate surface area is 132 Å². The van der Waals surface area contributed by atoms with Crippen LogP contribution in [0.1, 0.15) is 51.1 Å². The highest BCUT2D eigenvalue weighted by Gasteiger charge is 2.23. The molecule has 0 aromatic heterocycles. The molecule has 1 aliphatic rings. The molecule has 1 saturated heterocycles. The molecule has 1 unspecified atom stereocenters. The number of carbonyl (C=O) groups excluding carboxylic acids is 1. The fourth-order valence-corrected chi connectivity index (χ4v) is 3.23. The summed E-state index contributed by atoms with van der Waals surface area (Å²) < 4.78 is 0. The topological polar surface area (TPSA) is 32.3 Å². The molecule has 1 aliphatic heterocycles. The van der Waals surface area contributed by atoms with Gasteiger partial charge in [0.25, 0.3) is 0 Å². The van der Waals surface area contributed by atoms with Crippen LogP contribution in [-0.4, -0.2) is 29.9 Å².